The molecule has 0 spiro atoms. The molecule has 0 aliphatic rings. The van der Waals surface area contributed by atoms with Gasteiger partial charge < -0.3 is 5.32 Å². The minimum absolute atomic E-state index is 0.0502. The van der Waals surface area contributed by atoms with Crippen LogP contribution in [0.25, 0.3) is 0 Å². The van der Waals surface area contributed by atoms with Crippen LogP contribution in [0.2, 0.25) is 0 Å². The van der Waals surface area contributed by atoms with Crippen LogP contribution in [0.1, 0.15) is 26.3 Å². The average molecular weight is 230 g/mol. The first kappa shape index (κ1) is 13.2. The molecule has 0 saturated carbocycles. The number of benzene rings is 1. The molecule has 90 valence electrons. The molecule has 0 fully saturated rings. The summed E-state index contributed by atoms with van der Waals surface area (Å²) >= 11 is 0. The van der Waals surface area contributed by atoms with E-state index in [1.165, 1.54) is 0 Å². The summed E-state index contributed by atoms with van der Waals surface area (Å²) in [5.41, 5.74) is 0.401. The van der Waals surface area contributed by atoms with Gasteiger partial charge >= 0.3 is 0 Å². The minimum Gasteiger partial charge on any atom is -0.354 e. The molecule has 0 aromatic heterocycles. The van der Waals surface area contributed by atoms with Gasteiger partial charge in [0.25, 0.3) is 0 Å². The Hall–Kier alpha value is -1.82. The number of nitriles is 1. The van der Waals surface area contributed by atoms with E-state index in [1.54, 1.807) is 6.92 Å². The molecule has 1 atom stereocenters. The molecular formula is C14H18N2O. The van der Waals surface area contributed by atoms with Crippen molar-refractivity contribution in [2.45, 2.75) is 26.2 Å². The first-order chi connectivity index (χ1) is 7.98. The van der Waals surface area contributed by atoms with E-state index in [1.807, 2.05) is 44.2 Å². The van der Waals surface area contributed by atoms with E-state index < -0.39 is 5.41 Å². The minimum atomic E-state index is -0.573. The molecule has 0 aliphatic heterocycles. The summed E-state index contributed by atoms with van der Waals surface area (Å²) in [5.74, 6) is -0.212. The Morgan fingerprint density at radius 3 is 2.53 bits per heavy atom. The maximum absolute atomic E-state index is 12.1. The molecule has 0 aliphatic carbocycles. The van der Waals surface area contributed by atoms with Gasteiger partial charge in [0.05, 0.1) is 17.4 Å². The highest BCUT2D eigenvalue weighted by atomic mass is 16.2. The second-order valence-corrected chi connectivity index (χ2v) is 4.73. The van der Waals surface area contributed by atoms with Crippen LogP contribution in [0.5, 0.6) is 0 Å². The lowest BCUT2D eigenvalue weighted by Gasteiger charge is -2.24. The number of nitrogens with zero attached hydrogens (tertiary/aromatic N) is 1. The van der Waals surface area contributed by atoms with Crippen LogP contribution in [-0.4, -0.2) is 12.5 Å². The van der Waals surface area contributed by atoms with Gasteiger partial charge in [-0.05, 0) is 26.3 Å². The molecule has 0 radical (unpaired) electrons. The highest BCUT2D eigenvalue weighted by Crippen LogP contribution is 2.22. The number of carbonyl (C=O) groups excluding carboxylic acids is 1. The smallest absolute Gasteiger partial charge is 0.230 e. The lowest BCUT2D eigenvalue weighted by molar-refractivity contribution is -0.125. The molecule has 1 aromatic carbocycles. The van der Waals surface area contributed by atoms with E-state index in [2.05, 4.69) is 11.4 Å². The van der Waals surface area contributed by atoms with Crippen molar-refractivity contribution in [3.8, 4) is 6.07 Å². The summed E-state index contributed by atoms with van der Waals surface area (Å²) in [4.78, 5) is 12.1. The Morgan fingerprint density at radius 1 is 1.41 bits per heavy atom. The van der Waals surface area contributed by atoms with Crippen molar-refractivity contribution >= 4 is 5.91 Å². The van der Waals surface area contributed by atoms with Gasteiger partial charge in [-0.3, -0.25) is 4.79 Å². The zero-order valence-corrected chi connectivity index (χ0v) is 10.5. The number of rotatable bonds is 4. The summed E-state index contributed by atoms with van der Waals surface area (Å²) < 4.78 is 0. The predicted molar refractivity (Wildman–Crippen MR) is 67.3 cm³/mol. The largest absolute Gasteiger partial charge is 0.354 e. The summed E-state index contributed by atoms with van der Waals surface area (Å²) in [7, 11) is 0. The standard InChI is InChI=1S/C14H18N2O/c1-11(9-15)10-16-13(17)14(2,3)12-7-5-4-6-8-12/h4-8,11H,10H2,1-3H3,(H,16,17). The van der Waals surface area contributed by atoms with E-state index in [0.29, 0.717) is 6.54 Å². The van der Waals surface area contributed by atoms with Crippen molar-refractivity contribution in [1.29, 1.82) is 5.26 Å². The fourth-order valence-corrected chi connectivity index (χ4v) is 1.50. The third kappa shape index (κ3) is 3.32. The molecule has 1 rings (SSSR count). The second kappa shape index (κ2) is 5.49. The van der Waals surface area contributed by atoms with Gasteiger partial charge in [-0.2, -0.15) is 5.26 Å². The third-order valence-corrected chi connectivity index (χ3v) is 2.85. The van der Waals surface area contributed by atoms with Crippen molar-refractivity contribution in [3.05, 3.63) is 35.9 Å². The van der Waals surface area contributed by atoms with Crippen LogP contribution in [0, 0.1) is 17.2 Å². The van der Waals surface area contributed by atoms with Crippen LogP contribution < -0.4 is 5.32 Å². The number of carbonyl (C=O) groups is 1. The molecule has 0 saturated heterocycles. The zero-order valence-electron chi connectivity index (χ0n) is 10.5. The molecule has 1 unspecified atom stereocenters. The maximum atomic E-state index is 12.1. The zero-order chi connectivity index (χ0) is 12.9. The number of hydrogen-bond acceptors (Lipinski definition) is 2. The van der Waals surface area contributed by atoms with E-state index in [9.17, 15) is 4.79 Å². The summed E-state index contributed by atoms with van der Waals surface area (Å²) in [6.07, 6.45) is 0. The van der Waals surface area contributed by atoms with Gasteiger partial charge in [0.2, 0.25) is 5.91 Å². The molecule has 3 heteroatoms. The van der Waals surface area contributed by atoms with Crippen LogP contribution in [0.15, 0.2) is 30.3 Å². The van der Waals surface area contributed by atoms with Crippen LogP contribution in [-0.2, 0) is 10.2 Å². The predicted octanol–water partition coefficient (Wildman–Crippen LogP) is 2.24. The molecule has 17 heavy (non-hydrogen) atoms. The van der Waals surface area contributed by atoms with Gasteiger partial charge in [-0.15, -0.1) is 0 Å². The number of amides is 1. The Bertz CT molecular complexity index is 418. The van der Waals surface area contributed by atoms with Crippen LogP contribution >= 0.6 is 0 Å². The summed E-state index contributed by atoms with van der Waals surface area (Å²) in [6.45, 7) is 5.95. The van der Waals surface area contributed by atoms with E-state index in [4.69, 9.17) is 5.26 Å². The average Bonchev–Trinajstić information content (AvgIpc) is 2.36. The van der Waals surface area contributed by atoms with Crippen molar-refractivity contribution in [1.82, 2.24) is 5.32 Å². The van der Waals surface area contributed by atoms with Gasteiger partial charge in [-0.1, -0.05) is 30.3 Å². The Labute approximate surface area is 102 Å². The molecule has 0 heterocycles. The fraction of sp³-hybridized carbons (Fsp3) is 0.429. The van der Waals surface area contributed by atoms with Gasteiger partial charge in [0.1, 0.15) is 0 Å². The number of nitrogens with one attached hydrogen (secondary N) is 1. The molecular weight excluding hydrogens is 212 g/mol. The van der Waals surface area contributed by atoms with E-state index >= 15 is 0 Å². The first-order valence-electron chi connectivity index (χ1n) is 5.72. The molecule has 1 N–H and O–H groups in total. The molecule has 1 aromatic rings. The fourth-order valence-electron chi connectivity index (χ4n) is 1.50. The maximum Gasteiger partial charge on any atom is 0.230 e. The van der Waals surface area contributed by atoms with E-state index in [-0.39, 0.29) is 11.8 Å². The highest BCUT2D eigenvalue weighted by molar-refractivity contribution is 5.87. The Kier molecular flexibility index (Phi) is 4.28. The quantitative estimate of drug-likeness (QED) is 0.862. The van der Waals surface area contributed by atoms with Gasteiger partial charge in [0.15, 0.2) is 0 Å². The van der Waals surface area contributed by atoms with E-state index in [0.717, 1.165) is 5.56 Å². The summed E-state index contributed by atoms with van der Waals surface area (Å²) in [6, 6.07) is 11.7. The topological polar surface area (TPSA) is 52.9 Å². The lowest BCUT2D eigenvalue weighted by atomic mass is 9.83. The monoisotopic (exact) mass is 230 g/mol. The highest BCUT2D eigenvalue weighted by Gasteiger charge is 2.29. The first-order valence-corrected chi connectivity index (χ1v) is 5.72. The van der Waals surface area contributed by atoms with Crippen molar-refractivity contribution in [2.24, 2.45) is 5.92 Å². The molecule has 0 bridgehead atoms. The second-order valence-electron chi connectivity index (χ2n) is 4.73. The molecule has 1 amide bonds. The van der Waals surface area contributed by atoms with Crippen LogP contribution in [0.4, 0.5) is 0 Å². The summed E-state index contributed by atoms with van der Waals surface area (Å²) in [5, 5.41) is 11.5. The van der Waals surface area contributed by atoms with Gasteiger partial charge in [-0.25, -0.2) is 0 Å². The Morgan fingerprint density at radius 2 is 2.00 bits per heavy atom. The van der Waals surface area contributed by atoms with Crippen LogP contribution in [0.3, 0.4) is 0 Å². The van der Waals surface area contributed by atoms with Crippen molar-refractivity contribution in [3.63, 3.8) is 0 Å². The number of hydrogen-bond donors (Lipinski definition) is 1. The van der Waals surface area contributed by atoms with Crippen molar-refractivity contribution < 1.29 is 4.79 Å². The Balaban J connectivity index is 2.72. The normalized spacial score (nSPS) is 12.6. The van der Waals surface area contributed by atoms with Gasteiger partial charge in [0, 0.05) is 6.54 Å². The lowest BCUT2D eigenvalue weighted by Crippen LogP contribution is -2.41. The third-order valence-electron chi connectivity index (χ3n) is 2.85. The van der Waals surface area contributed by atoms with Crippen molar-refractivity contribution in [2.75, 3.05) is 6.54 Å². The SMILES string of the molecule is CC(C#N)CNC(=O)C(C)(C)c1ccccc1. The molecule has 3 nitrogen and oxygen atoms in total.